The number of nitrogens with two attached hydrogens (primary N) is 1. The van der Waals surface area contributed by atoms with E-state index in [1.165, 1.54) is 7.05 Å². The third kappa shape index (κ3) is 2.91. The van der Waals surface area contributed by atoms with Crippen LogP contribution in [0, 0.1) is 5.82 Å². The lowest BCUT2D eigenvalue weighted by Gasteiger charge is -2.05. The Labute approximate surface area is 91.0 Å². The molecule has 1 aromatic heterocycles. The lowest BCUT2D eigenvalue weighted by molar-refractivity contribution is -0.119. The monoisotopic (exact) mass is 226 g/mol. The summed E-state index contributed by atoms with van der Waals surface area (Å²) >= 11 is 0. The maximum Gasteiger partial charge on any atom is 0.255 e. The number of nitrogens with one attached hydrogen (secondary N) is 2. The first kappa shape index (κ1) is 11.9. The molecular weight excluding hydrogens is 215 g/mol. The number of aromatic nitrogens is 1. The van der Waals surface area contributed by atoms with Crippen molar-refractivity contribution in [2.24, 2.45) is 0 Å². The molecule has 0 aliphatic carbocycles. The van der Waals surface area contributed by atoms with Crippen LogP contribution >= 0.6 is 0 Å². The first-order valence-corrected chi connectivity index (χ1v) is 4.44. The van der Waals surface area contributed by atoms with Crippen LogP contribution in [0.1, 0.15) is 10.4 Å². The van der Waals surface area contributed by atoms with Gasteiger partial charge >= 0.3 is 0 Å². The number of pyridine rings is 1. The average Bonchev–Trinajstić information content (AvgIpc) is 2.28. The minimum Gasteiger partial charge on any atom is -0.383 e. The SMILES string of the molecule is CNC(=O)CNC(=O)c1cc(F)cnc1N. The predicted molar refractivity (Wildman–Crippen MR) is 55.0 cm³/mol. The Hall–Kier alpha value is -2.18. The van der Waals surface area contributed by atoms with Crippen molar-refractivity contribution in [1.82, 2.24) is 15.6 Å². The molecule has 0 unspecified atom stereocenters. The zero-order valence-corrected chi connectivity index (χ0v) is 8.58. The molecule has 0 saturated heterocycles. The Bertz CT molecular complexity index is 422. The molecule has 2 amide bonds. The van der Waals surface area contributed by atoms with Gasteiger partial charge in [-0.15, -0.1) is 0 Å². The minimum atomic E-state index is -0.667. The van der Waals surface area contributed by atoms with Crippen LogP contribution < -0.4 is 16.4 Å². The number of rotatable bonds is 3. The summed E-state index contributed by atoms with van der Waals surface area (Å²) in [5, 5.41) is 4.60. The highest BCUT2D eigenvalue weighted by Crippen LogP contribution is 2.09. The van der Waals surface area contributed by atoms with Crippen LogP contribution in [-0.2, 0) is 4.79 Å². The van der Waals surface area contributed by atoms with Gasteiger partial charge in [-0.1, -0.05) is 0 Å². The summed E-state index contributed by atoms with van der Waals surface area (Å²) in [5.74, 6) is -1.76. The summed E-state index contributed by atoms with van der Waals surface area (Å²) < 4.78 is 12.8. The minimum absolute atomic E-state index is 0.0872. The van der Waals surface area contributed by atoms with Crippen LogP contribution in [0.2, 0.25) is 0 Å². The van der Waals surface area contributed by atoms with E-state index in [0.717, 1.165) is 12.3 Å². The molecule has 1 aromatic rings. The smallest absolute Gasteiger partial charge is 0.255 e. The van der Waals surface area contributed by atoms with Gasteiger partial charge in [0.1, 0.15) is 11.6 Å². The zero-order valence-electron chi connectivity index (χ0n) is 8.58. The van der Waals surface area contributed by atoms with Crippen molar-refractivity contribution >= 4 is 17.6 Å². The number of carbonyl (C=O) groups excluding carboxylic acids is 2. The van der Waals surface area contributed by atoms with E-state index >= 15 is 0 Å². The van der Waals surface area contributed by atoms with Gasteiger partial charge in [0.2, 0.25) is 5.91 Å². The van der Waals surface area contributed by atoms with Gasteiger partial charge in [-0.2, -0.15) is 0 Å². The Balaban J connectivity index is 2.73. The van der Waals surface area contributed by atoms with E-state index in [9.17, 15) is 14.0 Å². The van der Waals surface area contributed by atoms with Gasteiger partial charge in [0.25, 0.3) is 5.91 Å². The molecule has 1 heterocycles. The Morgan fingerprint density at radius 3 is 2.88 bits per heavy atom. The number of carbonyl (C=O) groups is 2. The number of nitrogen functional groups attached to an aromatic ring is 1. The highest BCUT2D eigenvalue weighted by atomic mass is 19.1. The lowest BCUT2D eigenvalue weighted by Crippen LogP contribution is -2.35. The molecule has 6 nitrogen and oxygen atoms in total. The molecule has 4 N–H and O–H groups in total. The van der Waals surface area contributed by atoms with Gasteiger partial charge in [-0.3, -0.25) is 9.59 Å². The number of likely N-dealkylation sites (N-methyl/N-ethyl adjacent to an activating group) is 1. The van der Waals surface area contributed by atoms with Crippen LogP contribution in [0.3, 0.4) is 0 Å². The Morgan fingerprint density at radius 2 is 2.25 bits per heavy atom. The molecule has 0 bridgehead atoms. The van der Waals surface area contributed by atoms with Crippen molar-refractivity contribution in [3.8, 4) is 0 Å². The molecule has 0 saturated carbocycles. The van der Waals surface area contributed by atoms with Gasteiger partial charge < -0.3 is 16.4 Å². The molecule has 0 atom stereocenters. The van der Waals surface area contributed by atoms with Crippen LogP contribution in [0.15, 0.2) is 12.3 Å². The molecule has 0 fully saturated rings. The van der Waals surface area contributed by atoms with E-state index in [1.54, 1.807) is 0 Å². The van der Waals surface area contributed by atoms with E-state index in [1.807, 2.05) is 0 Å². The van der Waals surface area contributed by atoms with Gasteiger partial charge in [-0.25, -0.2) is 9.37 Å². The first-order valence-electron chi connectivity index (χ1n) is 4.44. The maximum absolute atomic E-state index is 12.8. The molecule has 0 aliphatic rings. The van der Waals surface area contributed by atoms with Gasteiger partial charge in [0.05, 0.1) is 18.3 Å². The second-order valence-electron chi connectivity index (χ2n) is 2.94. The molecule has 7 heteroatoms. The number of nitrogens with zero attached hydrogens (tertiary/aromatic N) is 1. The van der Waals surface area contributed by atoms with Gasteiger partial charge in [0, 0.05) is 7.05 Å². The van der Waals surface area contributed by atoms with Crippen molar-refractivity contribution in [3.05, 3.63) is 23.6 Å². The molecule has 0 aliphatic heterocycles. The lowest BCUT2D eigenvalue weighted by atomic mass is 10.2. The summed E-state index contributed by atoms with van der Waals surface area (Å²) in [7, 11) is 1.44. The predicted octanol–water partition coefficient (Wildman–Crippen LogP) is -0.721. The summed E-state index contributed by atoms with van der Waals surface area (Å²) in [4.78, 5) is 25.8. The number of amides is 2. The topological polar surface area (TPSA) is 97.1 Å². The standard InChI is InChI=1S/C9H11FN4O2/c1-12-7(15)4-14-9(16)6-2-5(10)3-13-8(6)11/h2-3H,4H2,1H3,(H2,11,13)(H,12,15)(H,14,16). The van der Waals surface area contributed by atoms with Crippen molar-refractivity contribution in [2.45, 2.75) is 0 Å². The number of hydrogen-bond acceptors (Lipinski definition) is 4. The van der Waals surface area contributed by atoms with Crippen LogP contribution in [0.25, 0.3) is 0 Å². The number of hydrogen-bond donors (Lipinski definition) is 3. The maximum atomic E-state index is 12.8. The second-order valence-corrected chi connectivity index (χ2v) is 2.94. The summed E-state index contributed by atoms with van der Waals surface area (Å²) in [6, 6.07) is 0.960. The molecule has 1 rings (SSSR count). The highest BCUT2D eigenvalue weighted by Gasteiger charge is 2.12. The first-order chi connectivity index (χ1) is 7.54. The van der Waals surface area contributed by atoms with Crippen molar-refractivity contribution in [2.75, 3.05) is 19.3 Å². The van der Waals surface area contributed by atoms with E-state index < -0.39 is 11.7 Å². The summed E-state index contributed by atoms with van der Waals surface area (Å²) in [5.41, 5.74) is 5.30. The van der Waals surface area contributed by atoms with Crippen LogP contribution in [0.5, 0.6) is 0 Å². The van der Waals surface area contributed by atoms with Crippen molar-refractivity contribution < 1.29 is 14.0 Å². The summed E-state index contributed by atoms with van der Waals surface area (Å²) in [6.07, 6.45) is 0.908. The Kier molecular flexibility index (Phi) is 3.76. The van der Waals surface area contributed by atoms with Crippen molar-refractivity contribution in [1.29, 1.82) is 0 Å². The van der Waals surface area contributed by atoms with E-state index in [-0.39, 0.29) is 23.8 Å². The second kappa shape index (κ2) is 5.06. The Morgan fingerprint density at radius 1 is 1.56 bits per heavy atom. The fourth-order valence-corrected chi connectivity index (χ4v) is 0.976. The zero-order chi connectivity index (χ0) is 12.1. The molecule has 0 radical (unpaired) electrons. The third-order valence-electron chi connectivity index (χ3n) is 1.82. The fourth-order valence-electron chi connectivity index (χ4n) is 0.976. The largest absolute Gasteiger partial charge is 0.383 e. The van der Waals surface area contributed by atoms with E-state index in [4.69, 9.17) is 5.73 Å². The summed E-state index contributed by atoms with van der Waals surface area (Å²) in [6.45, 7) is -0.203. The molecule has 0 aromatic carbocycles. The number of halogens is 1. The molecular formula is C9H11FN4O2. The molecule has 16 heavy (non-hydrogen) atoms. The van der Waals surface area contributed by atoms with Crippen LogP contribution in [0.4, 0.5) is 10.2 Å². The highest BCUT2D eigenvalue weighted by molar-refractivity contribution is 5.99. The van der Waals surface area contributed by atoms with Gasteiger partial charge in [0.15, 0.2) is 0 Å². The van der Waals surface area contributed by atoms with Gasteiger partial charge in [-0.05, 0) is 6.07 Å². The van der Waals surface area contributed by atoms with E-state index in [0.29, 0.717) is 0 Å². The third-order valence-corrected chi connectivity index (χ3v) is 1.82. The fraction of sp³-hybridized carbons (Fsp3) is 0.222. The quantitative estimate of drug-likeness (QED) is 0.633. The average molecular weight is 226 g/mol. The normalized spacial score (nSPS) is 9.62. The van der Waals surface area contributed by atoms with E-state index in [2.05, 4.69) is 15.6 Å². The number of anilines is 1. The van der Waals surface area contributed by atoms with Crippen LogP contribution in [-0.4, -0.2) is 30.4 Å². The molecule has 86 valence electrons. The van der Waals surface area contributed by atoms with Crippen molar-refractivity contribution in [3.63, 3.8) is 0 Å². The molecule has 0 spiro atoms.